The number of fused-ring (bicyclic) bond motifs is 1. The van der Waals surface area contributed by atoms with Crippen molar-refractivity contribution in [2.45, 2.75) is 50.0 Å². The van der Waals surface area contributed by atoms with Crippen LogP contribution in [0.5, 0.6) is 0 Å². The molecule has 4 aliphatic rings. The van der Waals surface area contributed by atoms with E-state index in [9.17, 15) is 0 Å². The van der Waals surface area contributed by atoms with Crippen LogP contribution < -0.4 is 5.32 Å². The SMILES string of the molecule is Ic1ccc2c(c1)C[C@@H]1[C@H]3CCNCC[C@@]23CCN1CC1CC1. The molecule has 0 aromatic heterocycles. The van der Waals surface area contributed by atoms with Crippen molar-refractivity contribution in [2.75, 3.05) is 26.2 Å². The predicted octanol–water partition coefficient (Wildman–Crippen LogP) is 3.57. The van der Waals surface area contributed by atoms with E-state index in [0.29, 0.717) is 5.41 Å². The van der Waals surface area contributed by atoms with Gasteiger partial charge in [0.05, 0.1) is 0 Å². The Labute approximate surface area is 153 Å². The minimum atomic E-state index is 0.464. The zero-order valence-corrected chi connectivity index (χ0v) is 16.0. The standard InChI is InChI=1S/C20H27IN2/c21-16-3-4-17-15(11-16)12-19-18-5-8-22-9-6-20(17,18)7-10-23(19)13-14-1-2-14/h3-4,11,14,18-19,22H,1-2,5-10,12-13H2/t18-,19-,20-/m1/s1. The molecule has 2 nitrogen and oxygen atoms in total. The third-order valence-electron chi connectivity index (χ3n) is 7.09. The van der Waals surface area contributed by atoms with E-state index in [4.69, 9.17) is 0 Å². The van der Waals surface area contributed by atoms with E-state index in [2.05, 4.69) is 51.0 Å². The van der Waals surface area contributed by atoms with Crippen LogP contribution in [-0.4, -0.2) is 37.1 Å². The molecule has 0 spiro atoms. The fourth-order valence-corrected chi connectivity index (χ4v) is 6.39. The summed E-state index contributed by atoms with van der Waals surface area (Å²) in [6, 6.07) is 8.12. The van der Waals surface area contributed by atoms with E-state index >= 15 is 0 Å². The summed E-state index contributed by atoms with van der Waals surface area (Å²) in [4.78, 5) is 2.90. The minimum absolute atomic E-state index is 0.464. The summed E-state index contributed by atoms with van der Waals surface area (Å²) in [7, 11) is 0. The highest BCUT2D eigenvalue weighted by molar-refractivity contribution is 14.1. The molecular weight excluding hydrogens is 395 g/mol. The predicted molar refractivity (Wildman–Crippen MR) is 103 cm³/mol. The summed E-state index contributed by atoms with van der Waals surface area (Å²) in [5.74, 6) is 1.89. The second-order valence-electron chi connectivity index (χ2n) is 8.31. The highest BCUT2D eigenvalue weighted by Crippen LogP contribution is 2.53. The van der Waals surface area contributed by atoms with E-state index in [1.165, 1.54) is 68.3 Å². The van der Waals surface area contributed by atoms with Gasteiger partial charge in [-0.1, -0.05) is 6.07 Å². The summed E-state index contributed by atoms with van der Waals surface area (Å²) in [5.41, 5.74) is 3.85. The summed E-state index contributed by atoms with van der Waals surface area (Å²) < 4.78 is 1.41. The zero-order valence-electron chi connectivity index (χ0n) is 13.9. The van der Waals surface area contributed by atoms with Crippen LogP contribution in [0.4, 0.5) is 0 Å². The van der Waals surface area contributed by atoms with Crippen LogP contribution in [0.15, 0.2) is 18.2 Å². The topological polar surface area (TPSA) is 15.3 Å². The van der Waals surface area contributed by atoms with E-state index in [1.807, 2.05) is 0 Å². The van der Waals surface area contributed by atoms with Gasteiger partial charge in [-0.3, -0.25) is 4.90 Å². The number of rotatable bonds is 2. The summed E-state index contributed by atoms with van der Waals surface area (Å²) in [5, 5.41) is 3.70. The average molecular weight is 422 g/mol. The Morgan fingerprint density at radius 1 is 1.17 bits per heavy atom. The molecule has 0 radical (unpaired) electrons. The lowest BCUT2D eigenvalue weighted by atomic mass is 9.55. The molecule has 2 aliphatic heterocycles. The first-order chi connectivity index (χ1) is 11.3. The number of likely N-dealkylation sites (tertiary alicyclic amines) is 1. The van der Waals surface area contributed by atoms with Crippen molar-refractivity contribution in [1.82, 2.24) is 10.2 Å². The minimum Gasteiger partial charge on any atom is -0.317 e. The molecule has 0 amide bonds. The molecular formula is C20H27IN2. The molecule has 1 aromatic carbocycles. The fourth-order valence-electron chi connectivity index (χ4n) is 5.83. The first-order valence-corrected chi connectivity index (χ1v) is 10.6. The Kier molecular flexibility index (Phi) is 3.76. The molecule has 2 aliphatic carbocycles. The number of halogens is 1. The van der Waals surface area contributed by atoms with Gasteiger partial charge in [0.1, 0.15) is 0 Å². The van der Waals surface area contributed by atoms with E-state index in [0.717, 1.165) is 17.9 Å². The van der Waals surface area contributed by atoms with Gasteiger partial charge >= 0.3 is 0 Å². The fraction of sp³-hybridized carbons (Fsp3) is 0.700. The van der Waals surface area contributed by atoms with Crippen LogP contribution in [0.3, 0.4) is 0 Å². The van der Waals surface area contributed by atoms with Gasteiger partial charge in [0.25, 0.3) is 0 Å². The summed E-state index contributed by atoms with van der Waals surface area (Å²) in [6.45, 7) is 5.14. The number of benzene rings is 1. The first kappa shape index (κ1) is 15.2. The van der Waals surface area contributed by atoms with Crippen molar-refractivity contribution in [3.05, 3.63) is 32.9 Å². The summed E-state index contributed by atoms with van der Waals surface area (Å²) >= 11 is 2.49. The quantitative estimate of drug-likeness (QED) is 0.734. The number of piperidine rings is 1. The van der Waals surface area contributed by atoms with Crippen molar-refractivity contribution >= 4 is 22.6 Å². The third-order valence-corrected chi connectivity index (χ3v) is 7.76. The van der Waals surface area contributed by atoms with Crippen molar-refractivity contribution in [3.63, 3.8) is 0 Å². The van der Waals surface area contributed by atoms with Gasteiger partial charge in [-0.2, -0.15) is 0 Å². The molecule has 1 saturated carbocycles. The molecule has 2 saturated heterocycles. The maximum absolute atomic E-state index is 3.70. The van der Waals surface area contributed by atoms with Crippen molar-refractivity contribution < 1.29 is 0 Å². The number of nitrogens with one attached hydrogen (secondary N) is 1. The highest BCUT2D eigenvalue weighted by atomic mass is 127. The lowest BCUT2D eigenvalue weighted by Gasteiger charge is -2.57. The van der Waals surface area contributed by atoms with Gasteiger partial charge in [-0.05, 0) is 116 Å². The normalized spacial score (nSPS) is 36.9. The van der Waals surface area contributed by atoms with Gasteiger partial charge < -0.3 is 5.32 Å². The molecule has 23 heavy (non-hydrogen) atoms. The largest absolute Gasteiger partial charge is 0.317 e. The Bertz CT molecular complexity index is 612. The number of hydrogen-bond donors (Lipinski definition) is 1. The Morgan fingerprint density at radius 3 is 2.96 bits per heavy atom. The van der Waals surface area contributed by atoms with Gasteiger partial charge in [0.2, 0.25) is 0 Å². The Morgan fingerprint density at radius 2 is 2.09 bits per heavy atom. The maximum Gasteiger partial charge on any atom is 0.0173 e. The molecule has 2 bridgehead atoms. The average Bonchev–Trinajstić information content (AvgIpc) is 3.36. The van der Waals surface area contributed by atoms with E-state index < -0.39 is 0 Å². The number of nitrogens with zero attached hydrogens (tertiary/aromatic N) is 1. The van der Waals surface area contributed by atoms with Crippen LogP contribution in [-0.2, 0) is 11.8 Å². The van der Waals surface area contributed by atoms with Crippen LogP contribution in [0.2, 0.25) is 0 Å². The molecule has 3 atom stereocenters. The smallest absolute Gasteiger partial charge is 0.0173 e. The van der Waals surface area contributed by atoms with E-state index in [-0.39, 0.29) is 0 Å². The Hall–Kier alpha value is -0.130. The molecule has 0 unspecified atom stereocenters. The van der Waals surface area contributed by atoms with Crippen LogP contribution in [0, 0.1) is 15.4 Å². The van der Waals surface area contributed by atoms with Crippen molar-refractivity contribution in [2.24, 2.45) is 11.8 Å². The second kappa shape index (κ2) is 5.70. The van der Waals surface area contributed by atoms with Gasteiger partial charge in [0.15, 0.2) is 0 Å². The van der Waals surface area contributed by atoms with Crippen molar-refractivity contribution in [1.29, 1.82) is 0 Å². The summed E-state index contributed by atoms with van der Waals surface area (Å²) in [6.07, 6.45) is 8.36. The number of hydrogen-bond acceptors (Lipinski definition) is 2. The lowest BCUT2D eigenvalue weighted by molar-refractivity contribution is 0.00906. The molecule has 1 aromatic rings. The van der Waals surface area contributed by atoms with Crippen LogP contribution >= 0.6 is 22.6 Å². The van der Waals surface area contributed by atoms with Gasteiger partial charge in [0, 0.05) is 21.6 Å². The molecule has 1 N–H and O–H groups in total. The van der Waals surface area contributed by atoms with E-state index in [1.54, 1.807) is 11.1 Å². The molecule has 3 heteroatoms. The first-order valence-electron chi connectivity index (χ1n) is 9.50. The van der Waals surface area contributed by atoms with Crippen LogP contribution in [0.25, 0.3) is 0 Å². The Balaban J connectivity index is 1.59. The monoisotopic (exact) mass is 422 g/mol. The highest BCUT2D eigenvalue weighted by Gasteiger charge is 2.53. The second-order valence-corrected chi connectivity index (χ2v) is 9.56. The maximum atomic E-state index is 3.70. The van der Waals surface area contributed by atoms with Crippen molar-refractivity contribution in [3.8, 4) is 0 Å². The molecule has 3 fully saturated rings. The van der Waals surface area contributed by atoms with Crippen LogP contribution in [0.1, 0.15) is 43.2 Å². The molecule has 124 valence electrons. The molecule has 2 heterocycles. The zero-order chi connectivity index (χ0) is 15.4. The third kappa shape index (κ3) is 2.49. The van der Waals surface area contributed by atoms with Gasteiger partial charge in [-0.15, -0.1) is 0 Å². The lowest BCUT2D eigenvalue weighted by Crippen LogP contribution is -2.60. The van der Waals surface area contributed by atoms with Gasteiger partial charge in [-0.25, -0.2) is 0 Å². The molecule has 5 rings (SSSR count).